The molecule has 4 rings (SSSR count). The van der Waals surface area contributed by atoms with Crippen LogP contribution in [0.5, 0.6) is 5.75 Å². The molecule has 0 saturated carbocycles. The molecule has 4 aromatic rings. The number of nitrogens with one attached hydrogen (secondary N) is 1. The van der Waals surface area contributed by atoms with E-state index in [1.54, 1.807) is 32.5 Å². The summed E-state index contributed by atoms with van der Waals surface area (Å²) in [4.78, 5) is 8.80. The minimum absolute atomic E-state index is 0.411. The van der Waals surface area contributed by atoms with Gasteiger partial charge < -0.3 is 10.1 Å². The van der Waals surface area contributed by atoms with Gasteiger partial charge in [0, 0.05) is 29.9 Å². The Labute approximate surface area is 172 Å². The largest absolute Gasteiger partial charge is 0.495 e. The van der Waals surface area contributed by atoms with E-state index in [1.165, 1.54) is 6.07 Å². The number of hydrogen-bond donors (Lipinski definition) is 1. The van der Waals surface area contributed by atoms with Crippen LogP contribution >= 0.6 is 15.9 Å². The molecule has 29 heavy (non-hydrogen) atoms. The maximum atomic E-state index is 13.1. The summed E-state index contributed by atoms with van der Waals surface area (Å²) in [6, 6.07) is 8.57. The van der Waals surface area contributed by atoms with E-state index in [9.17, 15) is 13.2 Å². The fourth-order valence-corrected chi connectivity index (χ4v) is 3.70. The van der Waals surface area contributed by atoms with E-state index in [0.29, 0.717) is 22.9 Å². The molecule has 2 aromatic carbocycles. The zero-order valence-corrected chi connectivity index (χ0v) is 17.0. The molecule has 0 aliphatic rings. The van der Waals surface area contributed by atoms with Crippen molar-refractivity contribution in [2.75, 3.05) is 12.4 Å². The van der Waals surface area contributed by atoms with Gasteiger partial charge in [-0.3, -0.25) is 4.40 Å². The van der Waals surface area contributed by atoms with Crippen LogP contribution in [0.1, 0.15) is 24.1 Å². The van der Waals surface area contributed by atoms with Crippen molar-refractivity contribution < 1.29 is 17.9 Å². The van der Waals surface area contributed by atoms with Crippen molar-refractivity contribution in [1.29, 1.82) is 0 Å². The first kappa shape index (κ1) is 19.5. The highest BCUT2D eigenvalue weighted by Crippen LogP contribution is 2.35. The van der Waals surface area contributed by atoms with Crippen molar-refractivity contribution in [3.05, 3.63) is 64.4 Å². The Morgan fingerprint density at radius 1 is 1.21 bits per heavy atom. The quantitative estimate of drug-likeness (QED) is 0.411. The molecule has 2 aromatic heterocycles. The number of rotatable bonds is 4. The Kier molecular flexibility index (Phi) is 4.85. The molecule has 1 N–H and O–H groups in total. The van der Waals surface area contributed by atoms with E-state index in [2.05, 4.69) is 31.2 Å². The number of ether oxygens (including phenoxy) is 1. The van der Waals surface area contributed by atoms with Crippen LogP contribution in [0.2, 0.25) is 0 Å². The highest BCUT2D eigenvalue weighted by atomic mass is 79.9. The predicted octanol–water partition coefficient (Wildman–Crippen LogP) is 5.85. The molecule has 5 nitrogen and oxygen atoms in total. The molecule has 0 saturated heterocycles. The van der Waals surface area contributed by atoms with Gasteiger partial charge in [-0.25, -0.2) is 4.98 Å². The standard InChI is InChI=1S/C20H16BrF3N4O/c1-11(12-4-3-5-13(8-12)20(22,23)24)26-18-14-9-15(21)17(29-2)10-16(14)28-7-6-25-19(28)27-18/h3-11H,1-2H3,(H,25,26,27). The van der Waals surface area contributed by atoms with Crippen molar-refractivity contribution in [2.45, 2.75) is 19.1 Å². The van der Waals surface area contributed by atoms with Gasteiger partial charge in [0.15, 0.2) is 0 Å². The smallest absolute Gasteiger partial charge is 0.416 e. The first-order chi connectivity index (χ1) is 13.8. The van der Waals surface area contributed by atoms with E-state index in [0.717, 1.165) is 27.5 Å². The van der Waals surface area contributed by atoms with E-state index < -0.39 is 17.8 Å². The average molecular weight is 465 g/mol. The Balaban J connectivity index is 1.80. The van der Waals surface area contributed by atoms with Gasteiger partial charge in [0.2, 0.25) is 5.78 Å². The molecule has 1 atom stereocenters. The second kappa shape index (κ2) is 7.22. The summed E-state index contributed by atoms with van der Waals surface area (Å²) in [6.45, 7) is 1.79. The fourth-order valence-electron chi connectivity index (χ4n) is 3.20. The van der Waals surface area contributed by atoms with Gasteiger partial charge in [-0.15, -0.1) is 0 Å². The number of anilines is 1. The zero-order valence-electron chi connectivity index (χ0n) is 15.5. The monoisotopic (exact) mass is 464 g/mol. The zero-order chi connectivity index (χ0) is 20.8. The van der Waals surface area contributed by atoms with Crippen molar-refractivity contribution in [2.24, 2.45) is 0 Å². The summed E-state index contributed by atoms with van der Waals surface area (Å²) in [5.41, 5.74) is 0.634. The number of imidazole rings is 1. The summed E-state index contributed by atoms with van der Waals surface area (Å²) in [6.07, 6.45) is -0.967. The maximum Gasteiger partial charge on any atom is 0.416 e. The summed E-state index contributed by atoms with van der Waals surface area (Å²) in [5.74, 6) is 1.64. The second-order valence-corrected chi connectivity index (χ2v) is 7.41. The maximum absolute atomic E-state index is 13.1. The minimum Gasteiger partial charge on any atom is -0.495 e. The second-order valence-electron chi connectivity index (χ2n) is 6.55. The summed E-state index contributed by atoms with van der Waals surface area (Å²) >= 11 is 3.48. The molecule has 0 aliphatic carbocycles. The number of benzene rings is 2. The third-order valence-corrected chi connectivity index (χ3v) is 5.30. The third kappa shape index (κ3) is 3.62. The topological polar surface area (TPSA) is 51.5 Å². The van der Waals surface area contributed by atoms with Crippen molar-refractivity contribution in [3.8, 4) is 5.75 Å². The Morgan fingerprint density at radius 3 is 2.72 bits per heavy atom. The molecule has 0 aliphatic heterocycles. The van der Waals surface area contributed by atoms with Gasteiger partial charge in [-0.1, -0.05) is 12.1 Å². The first-order valence-corrected chi connectivity index (χ1v) is 9.51. The van der Waals surface area contributed by atoms with E-state index in [-0.39, 0.29) is 0 Å². The van der Waals surface area contributed by atoms with Crippen LogP contribution in [0.15, 0.2) is 53.3 Å². The highest BCUT2D eigenvalue weighted by Gasteiger charge is 2.30. The van der Waals surface area contributed by atoms with Crippen molar-refractivity contribution in [1.82, 2.24) is 14.4 Å². The fraction of sp³-hybridized carbons (Fsp3) is 0.200. The van der Waals surface area contributed by atoms with Gasteiger partial charge in [-0.2, -0.15) is 18.2 Å². The molecule has 0 amide bonds. The number of halogens is 4. The van der Waals surface area contributed by atoms with Crippen molar-refractivity contribution >= 4 is 38.4 Å². The lowest BCUT2D eigenvalue weighted by Gasteiger charge is -2.19. The van der Waals surface area contributed by atoms with Crippen LogP contribution in [0.4, 0.5) is 19.0 Å². The molecule has 0 bridgehead atoms. The molecule has 9 heteroatoms. The normalized spacial score (nSPS) is 13.0. The van der Waals surface area contributed by atoms with Crippen molar-refractivity contribution in [3.63, 3.8) is 0 Å². The van der Waals surface area contributed by atoms with Gasteiger partial charge in [0.25, 0.3) is 0 Å². The van der Waals surface area contributed by atoms with Crippen LogP contribution in [0, 0.1) is 0 Å². The lowest BCUT2D eigenvalue weighted by Crippen LogP contribution is -2.12. The molecule has 1 unspecified atom stereocenters. The van der Waals surface area contributed by atoms with E-state index >= 15 is 0 Å². The Bertz CT molecular complexity index is 1210. The van der Waals surface area contributed by atoms with Gasteiger partial charge in [-0.05, 0) is 46.6 Å². The molecule has 150 valence electrons. The summed E-state index contributed by atoms with van der Waals surface area (Å²) in [5, 5.41) is 4.01. The van der Waals surface area contributed by atoms with Crippen LogP contribution < -0.4 is 10.1 Å². The van der Waals surface area contributed by atoms with Crippen LogP contribution in [0.25, 0.3) is 16.7 Å². The lowest BCUT2D eigenvalue weighted by molar-refractivity contribution is -0.137. The number of methoxy groups -OCH3 is 1. The van der Waals surface area contributed by atoms with E-state index in [4.69, 9.17) is 4.74 Å². The van der Waals surface area contributed by atoms with Gasteiger partial charge in [0.1, 0.15) is 11.6 Å². The summed E-state index contributed by atoms with van der Waals surface area (Å²) < 4.78 is 47.1. The first-order valence-electron chi connectivity index (χ1n) is 8.72. The lowest BCUT2D eigenvalue weighted by atomic mass is 10.0. The van der Waals surface area contributed by atoms with Gasteiger partial charge in [0.05, 0.1) is 22.7 Å². The molecule has 2 heterocycles. The number of nitrogens with zero attached hydrogens (tertiary/aromatic N) is 3. The molecular weight excluding hydrogens is 449 g/mol. The van der Waals surface area contributed by atoms with Crippen LogP contribution in [0.3, 0.4) is 0 Å². The predicted molar refractivity (Wildman–Crippen MR) is 108 cm³/mol. The molecular formula is C20H16BrF3N4O. The molecule has 0 fully saturated rings. The highest BCUT2D eigenvalue weighted by molar-refractivity contribution is 9.10. The Hall–Kier alpha value is -2.81. The number of fused-ring (bicyclic) bond motifs is 3. The number of aromatic nitrogens is 3. The van der Waals surface area contributed by atoms with Crippen LogP contribution in [-0.2, 0) is 6.18 Å². The number of alkyl halides is 3. The average Bonchev–Trinajstić information content (AvgIpc) is 3.15. The molecule has 0 radical (unpaired) electrons. The van der Waals surface area contributed by atoms with E-state index in [1.807, 2.05) is 16.5 Å². The van der Waals surface area contributed by atoms with Gasteiger partial charge >= 0.3 is 6.18 Å². The SMILES string of the molecule is COc1cc2c(cc1Br)c(NC(C)c1cccc(C(F)(F)F)c1)nc1nccn12. The number of hydrogen-bond acceptors (Lipinski definition) is 4. The van der Waals surface area contributed by atoms with Crippen LogP contribution in [-0.4, -0.2) is 21.5 Å². The Morgan fingerprint density at radius 2 is 2.00 bits per heavy atom. The third-order valence-electron chi connectivity index (χ3n) is 4.68. The molecule has 0 spiro atoms. The minimum atomic E-state index is -4.39. The summed E-state index contributed by atoms with van der Waals surface area (Å²) in [7, 11) is 1.58.